The molecular weight excluding hydrogens is 516 g/mol. The molecule has 1 N–H and O–H groups in total. The van der Waals surface area contributed by atoms with Gasteiger partial charge in [-0.2, -0.15) is 4.31 Å². The number of carbonyl (C=O) groups excluding carboxylic acids is 3. The number of pyridine rings is 1. The van der Waals surface area contributed by atoms with Crippen LogP contribution in [0.4, 0.5) is 0 Å². The van der Waals surface area contributed by atoms with Gasteiger partial charge in [-0.3, -0.25) is 19.4 Å². The summed E-state index contributed by atoms with van der Waals surface area (Å²) >= 11 is 0. The lowest BCUT2D eigenvalue weighted by molar-refractivity contribution is -0.138. The van der Waals surface area contributed by atoms with Crippen molar-refractivity contribution in [2.75, 3.05) is 13.1 Å². The highest BCUT2D eigenvalue weighted by atomic mass is 32.2. The van der Waals surface area contributed by atoms with Gasteiger partial charge < -0.3 is 10.2 Å². The Morgan fingerprint density at radius 3 is 2.44 bits per heavy atom. The molecule has 5 rings (SSSR count). The molecule has 3 unspecified atom stereocenters. The Kier molecular flexibility index (Phi) is 7.37. The monoisotopic (exact) mass is 552 g/mol. The molecule has 3 fully saturated rings. The summed E-state index contributed by atoms with van der Waals surface area (Å²) in [4.78, 5) is 45.5. The number of fused-ring (bicyclic) bond motifs is 1. The van der Waals surface area contributed by atoms with Crippen molar-refractivity contribution in [1.29, 1.82) is 0 Å². The van der Waals surface area contributed by atoms with Crippen molar-refractivity contribution >= 4 is 27.6 Å². The smallest absolute Gasteiger partial charge is 0.251 e. The van der Waals surface area contributed by atoms with Crippen molar-refractivity contribution in [3.63, 3.8) is 0 Å². The summed E-state index contributed by atoms with van der Waals surface area (Å²) in [5.41, 5.74) is 2.08. The molecule has 2 amide bonds. The van der Waals surface area contributed by atoms with Gasteiger partial charge in [0.1, 0.15) is 12.1 Å². The van der Waals surface area contributed by atoms with Crippen LogP contribution < -0.4 is 5.32 Å². The van der Waals surface area contributed by atoms with E-state index in [1.165, 1.54) is 15.4 Å². The average Bonchev–Trinajstić information content (AvgIpc) is 3.49. The Morgan fingerprint density at radius 2 is 1.82 bits per heavy atom. The summed E-state index contributed by atoms with van der Waals surface area (Å²) in [5, 5.41) is 2.93. The first kappa shape index (κ1) is 27.5. The van der Waals surface area contributed by atoms with E-state index >= 15 is 0 Å². The molecule has 0 radical (unpaired) electrons. The molecule has 3 atom stereocenters. The molecule has 3 aliphatic rings. The van der Waals surface area contributed by atoms with Gasteiger partial charge in [-0.25, -0.2) is 8.42 Å². The van der Waals surface area contributed by atoms with Crippen LogP contribution in [-0.4, -0.2) is 71.4 Å². The maximum Gasteiger partial charge on any atom is 0.251 e. The molecule has 1 aromatic heterocycles. The van der Waals surface area contributed by atoms with Crippen LogP contribution in [0.5, 0.6) is 0 Å². The fourth-order valence-corrected chi connectivity index (χ4v) is 7.35. The number of aromatic nitrogens is 1. The molecule has 208 valence electrons. The lowest BCUT2D eigenvalue weighted by atomic mass is 9.86. The quantitative estimate of drug-likeness (QED) is 0.538. The molecule has 0 spiro atoms. The topological polar surface area (TPSA) is 117 Å². The lowest BCUT2D eigenvalue weighted by Crippen LogP contribution is -2.52. The number of likely N-dealkylation sites (tertiary alicyclic amines) is 1. The van der Waals surface area contributed by atoms with Crippen LogP contribution in [0.1, 0.15) is 67.9 Å². The van der Waals surface area contributed by atoms with E-state index in [1.54, 1.807) is 30.5 Å². The predicted molar refractivity (Wildman–Crippen MR) is 146 cm³/mol. The van der Waals surface area contributed by atoms with Gasteiger partial charge in [0, 0.05) is 24.5 Å². The van der Waals surface area contributed by atoms with Gasteiger partial charge in [-0.1, -0.05) is 51.8 Å². The molecule has 1 saturated carbocycles. The number of benzene rings is 1. The Hall–Kier alpha value is -3.11. The largest absolute Gasteiger partial charge is 0.340 e. The van der Waals surface area contributed by atoms with Crippen molar-refractivity contribution < 1.29 is 22.8 Å². The first-order valence-electron chi connectivity index (χ1n) is 13.6. The van der Waals surface area contributed by atoms with E-state index in [4.69, 9.17) is 0 Å². The highest BCUT2D eigenvalue weighted by Gasteiger charge is 2.54. The number of hydrogen-bond acceptors (Lipinski definition) is 6. The maximum absolute atomic E-state index is 13.8. The van der Waals surface area contributed by atoms with Crippen LogP contribution in [0.15, 0.2) is 48.8 Å². The minimum atomic E-state index is -3.78. The number of amides is 2. The number of rotatable bonds is 8. The van der Waals surface area contributed by atoms with Crippen LogP contribution in [-0.2, 0) is 30.8 Å². The Morgan fingerprint density at radius 1 is 1.10 bits per heavy atom. The van der Waals surface area contributed by atoms with E-state index in [1.807, 2.05) is 12.1 Å². The normalized spacial score (nSPS) is 22.5. The van der Waals surface area contributed by atoms with Gasteiger partial charge in [0.2, 0.25) is 15.9 Å². The molecule has 3 heterocycles. The fourth-order valence-electron chi connectivity index (χ4n) is 5.63. The SMILES string of the molecule is CC(C)(C)c1ccc(C(=O)NC(CC2CC2)C(=O)N2CCC3C2C(=O)CN3S(=O)(=O)Cc2cccnc2)cc1. The molecular formula is C29H36N4O5S. The minimum Gasteiger partial charge on any atom is -0.340 e. The van der Waals surface area contributed by atoms with Gasteiger partial charge in [-0.05, 0) is 53.5 Å². The van der Waals surface area contributed by atoms with E-state index in [2.05, 4.69) is 31.1 Å². The van der Waals surface area contributed by atoms with E-state index < -0.39 is 28.1 Å². The highest BCUT2D eigenvalue weighted by Crippen LogP contribution is 2.36. The maximum atomic E-state index is 13.8. The molecule has 2 aromatic rings. The summed E-state index contributed by atoms with van der Waals surface area (Å²) in [5.74, 6) is -0.816. The summed E-state index contributed by atoms with van der Waals surface area (Å²) < 4.78 is 27.7. The number of nitrogens with one attached hydrogen (secondary N) is 1. The highest BCUT2D eigenvalue weighted by molar-refractivity contribution is 7.88. The third-order valence-electron chi connectivity index (χ3n) is 7.97. The first-order valence-corrected chi connectivity index (χ1v) is 15.2. The zero-order valence-corrected chi connectivity index (χ0v) is 23.5. The molecule has 2 saturated heterocycles. The van der Waals surface area contributed by atoms with Crippen LogP contribution in [0.25, 0.3) is 0 Å². The summed E-state index contributed by atoms with van der Waals surface area (Å²) in [6.07, 6.45) is 5.97. The van der Waals surface area contributed by atoms with Crippen LogP contribution in [0.2, 0.25) is 0 Å². The molecule has 2 aliphatic heterocycles. The second-order valence-corrected chi connectivity index (χ2v) is 13.9. The molecule has 9 nitrogen and oxygen atoms in total. The lowest BCUT2D eigenvalue weighted by Gasteiger charge is -2.28. The fraction of sp³-hybridized carbons (Fsp3) is 0.517. The van der Waals surface area contributed by atoms with Gasteiger partial charge in [0.15, 0.2) is 5.78 Å². The molecule has 1 aromatic carbocycles. The first-order chi connectivity index (χ1) is 18.4. The summed E-state index contributed by atoms with van der Waals surface area (Å²) in [6, 6.07) is 8.57. The Balaban J connectivity index is 1.30. The van der Waals surface area contributed by atoms with E-state index in [-0.39, 0.29) is 41.9 Å². The zero-order chi connectivity index (χ0) is 27.9. The predicted octanol–water partition coefficient (Wildman–Crippen LogP) is 2.66. The summed E-state index contributed by atoms with van der Waals surface area (Å²) in [7, 11) is -3.78. The number of carbonyl (C=O) groups is 3. The zero-order valence-electron chi connectivity index (χ0n) is 22.7. The minimum absolute atomic E-state index is 0.0427. The van der Waals surface area contributed by atoms with Crippen molar-refractivity contribution in [3.05, 3.63) is 65.5 Å². The number of hydrogen-bond donors (Lipinski definition) is 1. The number of nitrogens with zero attached hydrogens (tertiary/aromatic N) is 3. The second-order valence-electron chi connectivity index (χ2n) is 12.0. The number of ketones is 1. The van der Waals surface area contributed by atoms with Gasteiger partial charge in [-0.15, -0.1) is 0 Å². The molecule has 0 bridgehead atoms. The standard InChI is InChI=1S/C29H36N4O5S/c1-29(2,3)22-10-8-21(9-11-22)27(35)31-23(15-19-6-7-19)28(36)32-14-12-24-26(32)25(34)17-33(24)39(37,38)18-20-5-4-13-30-16-20/h4-5,8-11,13,16,19,23-24,26H,6-7,12,14-15,17-18H2,1-3H3,(H,31,35). The van der Waals surface area contributed by atoms with Crippen molar-refractivity contribution in [2.45, 2.75) is 75.7 Å². The third-order valence-corrected chi connectivity index (χ3v) is 9.78. The molecule has 39 heavy (non-hydrogen) atoms. The Bertz CT molecular complexity index is 1350. The van der Waals surface area contributed by atoms with Crippen LogP contribution in [0.3, 0.4) is 0 Å². The van der Waals surface area contributed by atoms with E-state index in [0.717, 1.165) is 18.4 Å². The number of Topliss-reactive ketones (excluding diaryl/α,β-unsaturated/α-hetero) is 1. The van der Waals surface area contributed by atoms with Gasteiger partial charge >= 0.3 is 0 Å². The third kappa shape index (κ3) is 5.91. The molecule has 10 heteroatoms. The van der Waals surface area contributed by atoms with Crippen LogP contribution >= 0.6 is 0 Å². The average molecular weight is 553 g/mol. The van der Waals surface area contributed by atoms with E-state index in [0.29, 0.717) is 29.9 Å². The van der Waals surface area contributed by atoms with Crippen molar-refractivity contribution in [3.8, 4) is 0 Å². The van der Waals surface area contributed by atoms with Gasteiger partial charge in [0.05, 0.1) is 18.3 Å². The second kappa shape index (κ2) is 10.5. The summed E-state index contributed by atoms with van der Waals surface area (Å²) in [6.45, 7) is 6.33. The van der Waals surface area contributed by atoms with Crippen molar-refractivity contribution in [2.24, 2.45) is 5.92 Å². The Labute approximate surface area is 230 Å². The molecule has 1 aliphatic carbocycles. The van der Waals surface area contributed by atoms with Crippen LogP contribution in [0, 0.1) is 5.92 Å². The van der Waals surface area contributed by atoms with Gasteiger partial charge in [0.25, 0.3) is 5.91 Å². The van der Waals surface area contributed by atoms with E-state index in [9.17, 15) is 22.8 Å². The van der Waals surface area contributed by atoms with Crippen molar-refractivity contribution in [1.82, 2.24) is 19.5 Å². The number of sulfonamides is 1.